The van der Waals surface area contributed by atoms with E-state index < -0.39 is 0 Å². The van der Waals surface area contributed by atoms with Gasteiger partial charge in [0.2, 0.25) is 0 Å². The molecule has 2 aromatic rings. The Bertz CT molecular complexity index is 708. The molecule has 2 saturated heterocycles. The van der Waals surface area contributed by atoms with Gasteiger partial charge in [-0.3, -0.25) is 14.6 Å². The Morgan fingerprint density at radius 3 is 2.48 bits per heavy atom. The molecule has 144 valence electrons. The van der Waals surface area contributed by atoms with Crippen LogP contribution in [-0.4, -0.2) is 65.9 Å². The maximum absolute atomic E-state index is 12.5. The van der Waals surface area contributed by atoms with Crippen molar-refractivity contribution in [3.63, 3.8) is 0 Å². The van der Waals surface area contributed by atoms with Crippen molar-refractivity contribution in [1.82, 2.24) is 14.7 Å². The standard InChI is InChI=1S/C22H29N3O2/c26-22(21-8-4-17-27-21)25-12-5-11-24(15-16-25)20-9-13-23(14-10-20)18-19-6-2-1-3-7-19/h1-4,6-8,17,20H,5,9-16,18H2. The number of amides is 1. The van der Waals surface area contributed by atoms with Crippen LogP contribution in [0.4, 0.5) is 0 Å². The highest BCUT2D eigenvalue weighted by molar-refractivity contribution is 5.91. The first-order chi connectivity index (χ1) is 13.3. The molecule has 0 radical (unpaired) electrons. The predicted molar refractivity (Wildman–Crippen MR) is 106 cm³/mol. The van der Waals surface area contributed by atoms with E-state index in [1.165, 1.54) is 18.4 Å². The lowest BCUT2D eigenvalue weighted by Crippen LogP contribution is -2.46. The maximum Gasteiger partial charge on any atom is 0.289 e. The number of hydrogen-bond acceptors (Lipinski definition) is 4. The van der Waals surface area contributed by atoms with Gasteiger partial charge in [-0.15, -0.1) is 0 Å². The fourth-order valence-electron chi connectivity index (χ4n) is 4.35. The lowest BCUT2D eigenvalue weighted by molar-refractivity contribution is 0.0715. The molecule has 5 nitrogen and oxygen atoms in total. The largest absolute Gasteiger partial charge is 0.459 e. The number of piperidine rings is 1. The van der Waals surface area contributed by atoms with Crippen LogP contribution in [0, 0.1) is 0 Å². The van der Waals surface area contributed by atoms with Crippen LogP contribution in [0.3, 0.4) is 0 Å². The zero-order chi connectivity index (χ0) is 18.5. The molecular formula is C22H29N3O2. The van der Waals surface area contributed by atoms with Gasteiger partial charge in [0.15, 0.2) is 5.76 Å². The molecule has 0 unspecified atom stereocenters. The highest BCUT2D eigenvalue weighted by atomic mass is 16.3. The lowest BCUT2D eigenvalue weighted by atomic mass is 10.0. The number of furan rings is 1. The Morgan fingerprint density at radius 2 is 1.74 bits per heavy atom. The number of carbonyl (C=O) groups is 1. The third-order valence-electron chi connectivity index (χ3n) is 5.87. The molecule has 0 spiro atoms. The molecule has 0 N–H and O–H groups in total. The second-order valence-corrected chi connectivity index (χ2v) is 7.65. The number of nitrogens with zero attached hydrogens (tertiary/aromatic N) is 3. The summed E-state index contributed by atoms with van der Waals surface area (Å²) in [4.78, 5) is 19.6. The van der Waals surface area contributed by atoms with Crippen molar-refractivity contribution >= 4 is 5.91 Å². The van der Waals surface area contributed by atoms with Crippen molar-refractivity contribution in [1.29, 1.82) is 0 Å². The number of benzene rings is 1. The molecule has 2 fully saturated rings. The second-order valence-electron chi connectivity index (χ2n) is 7.65. The number of rotatable bonds is 4. The molecule has 1 aromatic carbocycles. The van der Waals surface area contributed by atoms with Crippen LogP contribution >= 0.6 is 0 Å². The molecule has 0 aliphatic carbocycles. The minimum absolute atomic E-state index is 0.0273. The number of carbonyl (C=O) groups excluding carboxylic acids is 1. The van der Waals surface area contributed by atoms with Crippen molar-refractivity contribution in [2.45, 2.75) is 31.8 Å². The van der Waals surface area contributed by atoms with Crippen LogP contribution in [0.2, 0.25) is 0 Å². The van der Waals surface area contributed by atoms with E-state index in [1.807, 2.05) is 4.90 Å². The first-order valence-electron chi connectivity index (χ1n) is 10.1. The maximum atomic E-state index is 12.5. The van der Waals surface area contributed by atoms with Crippen LogP contribution in [0.5, 0.6) is 0 Å². The number of likely N-dealkylation sites (tertiary alicyclic amines) is 1. The molecular weight excluding hydrogens is 338 g/mol. The van der Waals surface area contributed by atoms with E-state index >= 15 is 0 Å². The Hall–Kier alpha value is -2.11. The van der Waals surface area contributed by atoms with Crippen LogP contribution in [-0.2, 0) is 6.54 Å². The minimum Gasteiger partial charge on any atom is -0.459 e. The predicted octanol–water partition coefficient (Wildman–Crippen LogP) is 3.09. The summed E-state index contributed by atoms with van der Waals surface area (Å²) in [5, 5.41) is 0. The number of hydrogen-bond donors (Lipinski definition) is 0. The molecule has 3 heterocycles. The Labute approximate surface area is 161 Å². The monoisotopic (exact) mass is 367 g/mol. The first kappa shape index (κ1) is 18.3. The van der Waals surface area contributed by atoms with Crippen molar-refractivity contribution < 1.29 is 9.21 Å². The van der Waals surface area contributed by atoms with Gasteiger partial charge in [-0.1, -0.05) is 30.3 Å². The summed E-state index contributed by atoms with van der Waals surface area (Å²) in [5.74, 6) is 0.484. The first-order valence-corrected chi connectivity index (χ1v) is 10.1. The molecule has 27 heavy (non-hydrogen) atoms. The molecule has 5 heteroatoms. The van der Waals surface area contributed by atoms with Crippen LogP contribution < -0.4 is 0 Å². The highest BCUT2D eigenvalue weighted by Gasteiger charge is 2.28. The molecule has 0 atom stereocenters. The molecule has 2 aliphatic rings. The second kappa shape index (κ2) is 8.72. The third-order valence-corrected chi connectivity index (χ3v) is 5.87. The zero-order valence-electron chi connectivity index (χ0n) is 15.9. The van der Waals surface area contributed by atoms with Crippen LogP contribution in [0.25, 0.3) is 0 Å². The Kier molecular flexibility index (Phi) is 5.90. The van der Waals surface area contributed by atoms with E-state index in [9.17, 15) is 4.79 Å². The van der Waals surface area contributed by atoms with E-state index in [-0.39, 0.29) is 5.91 Å². The summed E-state index contributed by atoms with van der Waals surface area (Å²) in [7, 11) is 0. The summed E-state index contributed by atoms with van der Waals surface area (Å²) in [6, 6.07) is 14.9. The average molecular weight is 367 g/mol. The van der Waals surface area contributed by atoms with Crippen molar-refractivity contribution in [2.75, 3.05) is 39.3 Å². The molecule has 4 rings (SSSR count). The van der Waals surface area contributed by atoms with E-state index in [0.29, 0.717) is 11.8 Å². The summed E-state index contributed by atoms with van der Waals surface area (Å²) < 4.78 is 5.28. The fraction of sp³-hybridized carbons (Fsp3) is 0.500. The van der Waals surface area contributed by atoms with Gasteiger partial charge in [-0.25, -0.2) is 0 Å². The van der Waals surface area contributed by atoms with Gasteiger partial charge < -0.3 is 9.32 Å². The van der Waals surface area contributed by atoms with Gasteiger partial charge in [0.25, 0.3) is 5.91 Å². The molecule has 0 saturated carbocycles. The topological polar surface area (TPSA) is 39.9 Å². The summed E-state index contributed by atoms with van der Waals surface area (Å²) in [6.45, 7) is 7.04. The zero-order valence-corrected chi connectivity index (χ0v) is 15.9. The van der Waals surface area contributed by atoms with Gasteiger partial charge in [0, 0.05) is 38.8 Å². The van der Waals surface area contributed by atoms with Crippen molar-refractivity contribution in [3.05, 3.63) is 60.1 Å². The average Bonchev–Trinajstić information content (AvgIpc) is 3.14. The van der Waals surface area contributed by atoms with Crippen molar-refractivity contribution in [3.8, 4) is 0 Å². The van der Waals surface area contributed by atoms with Gasteiger partial charge in [0.1, 0.15) is 0 Å². The smallest absolute Gasteiger partial charge is 0.289 e. The van der Waals surface area contributed by atoms with Gasteiger partial charge in [-0.2, -0.15) is 0 Å². The summed E-state index contributed by atoms with van der Waals surface area (Å²) in [5.41, 5.74) is 1.40. The fourth-order valence-corrected chi connectivity index (χ4v) is 4.35. The normalized spacial score (nSPS) is 20.5. The van der Waals surface area contributed by atoms with Gasteiger partial charge in [0.05, 0.1) is 6.26 Å². The third kappa shape index (κ3) is 4.60. The Morgan fingerprint density at radius 1 is 0.926 bits per heavy atom. The molecule has 2 aliphatic heterocycles. The van der Waals surface area contributed by atoms with E-state index in [1.54, 1.807) is 18.4 Å². The minimum atomic E-state index is 0.0273. The van der Waals surface area contributed by atoms with E-state index in [2.05, 4.69) is 40.1 Å². The quantitative estimate of drug-likeness (QED) is 0.833. The SMILES string of the molecule is O=C(c1ccco1)N1CCCN(C2CCN(Cc3ccccc3)CC2)CC1. The van der Waals surface area contributed by atoms with Crippen molar-refractivity contribution in [2.24, 2.45) is 0 Å². The molecule has 1 aromatic heterocycles. The Balaban J connectivity index is 1.26. The lowest BCUT2D eigenvalue weighted by Gasteiger charge is -2.38. The van der Waals surface area contributed by atoms with E-state index in [4.69, 9.17) is 4.42 Å². The molecule has 0 bridgehead atoms. The van der Waals surface area contributed by atoms with Crippen LogP contribution in [0.15, 0.2) is 53.1 Å². The van der Waals surface area contributed by atoms with Gasteiger partial charge in [-0.05, 0) is 50.0 Å². The summed E-state index contributed by atoms with van der Waals surface area (Å²) in [6.07, 6.45) is 5.05. The highest BCUT2D eigenvalue weighted by Crippen LogP contribution is 2.20. The van der Waals surface area contributed by atoms with Gasteiger partial charge >= 0.3 is 0 Å². The van der Waals surface area contributed by atoms with Crippen LogP contribution in [0.1, 0.15) is 35.4 Å². The van der Waals surface area contributed by atoms with E-state index in [0.717, 1.165) is 52.2 Å². The summed E-state index contributed by atoms with van der Waals surface area (Å²) >= 11 is 0. The molecule has 1 amide bonds.